The summed E-state index contributed by atoms with van der Waals surface area (Å²) in [5.74, 6) is -2.18. The topological polar surface area (TPSA) is 110 Å². The fourth-order valence-corrected chi connectivity index (χ4v) is 4.55. The van der Waals surface area contributed by atoms with Crippen molar-refractivity contribution < 1.29 is 18.8 Å². The van der Waals surface area contributed by atoms with Gasteiger partial charge in [-0.3, -0.25) is 19.1 Å². The molecule has 4 aromatic rings. The minimum absolute atomic E-state index is 0.00483. The zero-order chi connectivity index (χ0) is 26.1. The van der Waals surface area contributed by atoms with Crippen molar-refractivity contribution in [3.8, 4) is 11.1 Å². The van der Waals surface area contributed by atoms with Crippen LogP contribution in [0.25, 0.3) is 22.0 Å². The van der Waals surface area contributed by atoms with Crippen LogP contribution in [0.15, 0.2) is 66.7 Å². The fourth-order valence-electron chi connectivity index (χ4n) is 4.32. The molecule has 0 atom stereocenters. The van der Waals surface area contributed by atoms with Crippen LogP contribution >= 0.6 is 11.6 Å². The second-order valence-corrected chi connectivity index (χ2v) is 9.24. The van der Waals surface area contributed by atoms with Crippen molar-refractivity contribution in [1.82, 2.24) is 14.7 Å². The highest BCUT2D eigenvalue weighted by molar-refractivity contribution is 6.33. The normalized spacial score (nSPS) is 12.9. The number of nitrogens with one attached hydrogen (secondary N) is 1. The first-order valence-corrected chi connectivity index (χ1v) is 12.1. The van der Waals surface area contributed by atoms with Gasteiger partial charge in [-0.05, 0) is 31.0 Å². The Bertz CT molecular complexity index is 1530. The Kier molecular flexibility index (Phi) is 6.62. The van der Waals surface area contributed by atoms with E-state index in [1.165, 1.54) is 15.6 Å². The molecule has 0 radical (unpaired) electrons. The number of rotatable bonds is 8. The van der Waals surface area contributed by atoms with Crippen LogP contribution in [0.4, 0.5) is 10.1 Å². The Morgan fingerprint density at radius 2 is 1.73 bits per heavy atom. The molecule has 10 heteroatoms. The van der Waals surface area contributed by atoms with E-state index in [4.69, 9.17) is 17.3 Å². The van der Waals surface area contributed by atoms with E-state index in [9.17, 15) is 14.4 Å². The molecule has 0 unspecified atom stereocenters. The minimum Gasteiger partial charge on any atom is -0.364 e. The summed E-state index contributed by atoms with van der Waals surface area (Å²) in [7, 11) is 0. The number of fused-ring (bicyclic) bond motifs is 1. The second kappa shape index (κ2) is 10.0. The smallest absolute Gasteiger partial charge is 0.269 e. The number of para-hydroxylation sites is 1. The summed E-state index contributed by atoms with van der Waals surface area (Å²) in [5, 5.41) is 7.75. The van der Waals surface area contributed by atoms with E-state index in [0.717, 1.165) is 12.8 Å². The van der Waals surface area contributed by atoms with E-state index in [1.807, 2.05) is 0 Å². The van der Waals surface area contributed by atoms with Gasteiger partial charge in [-0.2, -0.15) is 5.10 Å². The number of aromatic nitrogens is 2. The van der Waals surface area contributed by atoms with E-state index < -0.39 is 17.6 Å². The molecule has 0 bridgehead atoms. The monoisotopic (exact) mass is 519 g/mol. The van der Waals surface area contributed by atoms with Crippen LogP contribution in [0.3, 0.4) is 0 Å². The van der Waals surface area contributed by atoms with Crippen LogP contribution in [-0.2, 0) is 16.1 Å². The molecular weight excluding hydrogens is 497 g/mol. The molecule has 37 heavy (non-hydrogen) atoms. The van der Waals surface area contributed by atoms with Gasteiger partial charge in [0.1, 0.15) is 13.1 Å². The van der Waals surface area contributed by atoms with Crippen molar-refractivity contribution in [3.63, 3.8) is 0 Å². The highest BCUT2D eigenvalue weighted by Gasteiger charge is 2.34. The maximum absolute atomic E-state index is 15.3. The van der Waals surface area contributed by atoms with Crippen LogP contribution in [0.5, 0.6) is 0 Å². The first-order valence-electron chi connectivity index (χ1n) is 11.7. The number of halogens is 2. The van der Waals surface area contributed by atoms with Crippen LogP contribution in [0.2, 0.25) is 5.02 Å². The van der Waals surface area contributed by atoms with Gasteiger partial charge in [0.05, 0.1) is 11.2 Å². The van der Waals surface area contributed by atoms with Gasteiger partial charge in [0.15, 0.2) is 11.5 Å². The van der Waals surface area contributed by atoms with Gasteiger partial charge in [0.2, 0.25) is 11.8 Å². The zero-order valence-electron chi connectivity index (χ0n) is 19.7. The largest absolute Gasteiger partial charge is 0.364 e. The SMILES string of the molecule is NC(=O)c1nn(CC(=O)N(CC(=O)Nc2cccc(-c3ccccc3Cl)c2F)C2CC2)c2ccccc12. The van der Waals surface area contributed by atoms with Crippen LogP contribution in [-0.4, -0.2) is 45.0 Å². The molecule has 5 rings (SSSR count). The Hall–Kier alpha value is -4.24. The summed E-state index contributed by atoms with van der Waals surface area (Å²) >= 11 is 6.23. The Morgan fingerprint density at radius 1 is 1.03 bits per heavy atom. The first-order chi connectivity index (χ1) is 17.8. The summed E-state index contributed by atoms with van der Waals surface area (Å²) in [5.41, 5.74) is 6.87. The van der Waals surface area contributed by atoms with Crippen molar-refractivity contribution >= 4 is 45.9 Å². The number of hydrogen-bond acceptors (Lipinski definition) is 4. The van der Waals surface area contributed by atoms with Crippen LogP contribution in [0, 0.1) is 5.82 Å². The minimum atomic E-state index is -0.693. The molecule has 1 aliphatic rings. The van der Waals surface area contributed by atoms with Gasteiger partial charge in [0, 0.05) is 27.6 Å². The standard InChI is InChI=1S/C27H23ClFN5O3/c28-20-9-3-1-6-17(20)18-8-5-10-21(25(18)29)31-23(35)14-33(16-12-13-16)24(36)15-34-22-11-4-2-7-19(22)26(32-34)27(30)37/h1-11,16H,12-15H2,(H2,30,37)(H,31,35). The zero-order valence-corrected chi connectivity index (χ0v) is 20.4. The molecule has 1 heterocycles. The first kappa shape index (κ1) is 24.5. The number of nitrogens with zero attached hydrogens (tertiary/aromatic N) is 3. The van der Waals surface area contributed by atoms with Crippen molar-refractivity contribution in [3.05, 3.63) is 83.3 Å². The number of primary amides is 1. The molecule has 3 aromatic carbocycles. The van der Waals surface area contributed by atoms with Gasteiger partial charge in [-0.15, -0.1) is 0 Å². The van der Waals surface area contributed by atoms with Gasteiger partial charge in [-0.1, -0.05) is 60.1 Å². The van der Waals surface area contributed by atoms with Gasteiger partial charge in [0.25, 0.3) is 5.91 Å². The lowest BCUT2D eigenvalue weighted by Gasteiger charge is -2.22. The predicted molar refractivity (Wildman–Crippen MR) is 138 cm³/mol. The maximum Gasteiger partial charge on any atom is 0.269 e. The molecule has 3 N–H and O–H groups in total. The average Bonchev–Trinajstić information content (AvgIpc) is 3.66. The molecule has 1 saturated carbocycles. The molecule has 0 spiro atoms. The molecule has 1 aliphatic carbocycles. The highest BCUT2D eigenvalue weighted by Crippen LogP contribution is 2.33. The average molecular weight is 520 g/mol. The number of amides is 3. The summed E-state index contributed by atoms with van der Waals surface area (Å²) in [6, 6.07) is 18.4. The van der Waals surface area contributed by atoms with Crippen molar-refractivity contribution in [2.24, 2.45) is 5.73 Å². The lowest BCUT2D eigenvalue weighted by molar-refractivity contribution is -0.135. The highest BCUT2D eigenvalue weighted by atomic mass is 35.5. The van der Waals surface area contributed by atoms with Gasteiger partial charge < -0.3 is 16.0 Å². The molecule has 0 aliphatic heterocycles. The third-order valence-corrected chi connectivity index (χ3v) is 6.56. The lowest BCUT2D eigenvalue weighted by atomic mass is 10.0. The quantitative estimate of drug-likeness (QED) is 0.363. The molecule has 3 amide bonds. The summed E-state index contributed by atoms with van der Waals surface area (Å²) < 4.78 is 16.7. The predicted octanol–water partition coefficient (Wildman–Crippen LogP) is 4.22. The van der Waals surface area contributed by atoms with Crippen molar-refractivity contribution in [2.45, 2.75) is 25.4 Å². The van der Waals surface area contributed by atoms with Gasteiger partial charge in [-0.25, -0.2) is 4.39 Å². The third-order valence-electron chi connectivity index (χ3n) is 6.24. The Balaban J connectivity index is 1.33. The molecule has 0 saturated heterocycles. The molecule has 188 valence electrons. The Morgan fingerprint density at radius 3 is 2.46 bits per heavy atom. The summed E-state index contributed by atoms with van der Waals surface area (Å²) in [4.78, 5) is 39.4. The molecule has 1 aromatic heterocycles. The van der Waals surface area contributed by atoms with E-state index in [-0.39, 0.29) is 42.0 Å². The third kappa shape index (κ3) is 5.03. The van der Waals surface area contributed by atoms with Crippen molar-refractivity contribution in [1.29, 1.82) is 0 Å². The van der Waals surface area contributed by atoms with Crippen LogP contribution < -0.4 is 11.1 Å². The summed E-state index contributed by atoms with van der Waals surface area (Å²) in [6.07, 6.45) is 1.53. The number of carbonyl (C=O) groups excluding carboxylic acids is 3. The van der Waals surface area contributed by atoms with Gasteiger partial charge >= 0.3 is 0 Å². The molecular formula is C27H23ClFN5O3. The maximum atomic E-state index is 15.3. The number of carbonyl (C=O) groups is 3. The van der Waals surface area contributed by atoms with E-state index in [0.29, 0.717) is 21.5 Å². The number of anilines is 1. The van der Waals surface area contributed by atoms with Crippen molar-refractivity contribution in [2.75, 3.05) is 11.9 Å². The van der Waals surface area contributed by atoms with E-state index >= 15 is 4.39 Å². The van der Waals surface area contributed by atoms with E-state index in [1.54, 1.807) is 60.7 Å². The summed E-state index contributed by atoms with van der Waals surface area (Å²) in [6.45, 7) is -0.422. The lowest BCUT2D eigenvalue weighted by Crippen LogP contribution is -2.41. The molecule has 8 nitrogen and oxygen atoms in total. The number of hydrogen-bond donors (Lipinski definition) is 2. The van der Waals surface area contributed by atoms with E-state index in [2.05, 4.69) is 10.4 Å². The van der Waals surface area contributed by atoms with Crippen LogP contribution in [0.1, 0.15) is 23.3 Å². The molecule has 1 fully saturated rings. The Labute approximate surface area is 216 Å². The number of benzene rings is 3. The number of nitrogens with two attached hydrogens (primary N) is 1. The fraction of sp³-hybridized carbons (Fsp3) is 0.185. The second-order valence-electron chi connectivity index (χ2n) is 8.84.